The van der Waals surface area contributed by atoms with Crippen LogP contribution in [-0.2, 0) is 4.74 Å². The van der Waals surface area contributed by atoms with Crippen LogP contribution in [-0.4, -0.2) is 95.4 Å². The molecule has 270 valence electrons. The second-order valence-electron chi connectivity index (χ2n) is 13.5. The Hall–Kier alpha value is -6.12. The van der Waals surface area contributed by atoms with Crippen molar-refractivity contribution in [1.82, 2.24) is 24.8 Å². The number of pyridine rings is 1. The number of urea groups is 2. The Morgan fingerprint density at radius 1 is 0.623 bits per heavy atom. The zero-order valence-corrected chi connectivity index (χ0v) is 29.4. The Morgan fingerprint density at radius 2 is 1.15 bits per heavy atom. The van der Waals surface area contributed by atoms with Gasteiger partial charge in [-0.05, 0) is 105 Å². The van der Waals surface area contributed by atoms with E-state index < -0.39 is 6.03 Å². The van der Waals surface area contributed by atoms with E-state index in [-0.39, 0.29) is 18.2 Å². The highest BCUT2D eigenvalue weighted by Gasteiger charge is 2.35. The smallest absolute Gasteiger partial charge is 0.324 e. The fourth-order valence-electron chi connectivity index (χ4n) is 6.78. The van der Waals surface area contributed by atoms with Crippen molar-refractivity contribution in [3.05, 3.63) is 97.2 Å². The number of piperazine rings is 1. The van der Waals surface area contributed by atoms with E-state index in [0.29, 0.717) is 47.9 Å². The highest BCUT2D eigenvalue weighted by Crippen LogP contribution is 2.31. The molecular weight excluding hydrogens is 671 g/mol. The summed E-state index contributed by atoms with van der Waals surface area (Å²) in [6, 6.07) is 27.3. The highest BCUT2D eigenvalue weighted by atomic mass is 16.5. The molecule has 3 aromatic carbocycles. The molecule has 0 saturated carbocycles. The van der Waals surface area contributed by atoms with Crippen molar-refractivity contribution in [3.63, 3.8) is 0 Å². The first kappa shape index (κ1) is 34.0. The minimum atomic E-state index is -0.395. The van der Waals surface area contributed by atoms with Crippen molar-refractivity contribution in [2.24, 2.45) is 0 Å². The largest absolute Gasteiger partial charge is 0.371 e. The molecule has 14 nitrogen and oxygen atoms in total. The van der Waals surface area contributed by atoms with E-state index in [2.05, 4.69) is 48.0 Å². The summed E-state index contributed by atoms with van der Waals surface area (Å²) in [5.41, 5.74) is 4.66. The van der Waals surface area contributed by atoms with Crippen molar-refractivity contribution in [2.75, 3.05) is 77.4 Å². The number of anilines is 6. The molecule has 0 radical (unpaired) electrons. The van der Waals surface area contributed by atoms with Crippen LogP contribution in [0.15, 0.2) is 97.2 Å². The number of likely N-dealkylation sites (N-methyl/N-ethyl adjacent to an activating group) is 1. The summed E-state index contributed by atoms with van der Waals surface area (Å²) in [6.45, 7) is 5.47. The van der Waals surface area contributed by atoms with Gasteiger partial charge in [-0.1, -0.05) is 6.07 Å². The van der Waals surface area contributed by atoms with Crippen LogP contribution in [0.3, 0.4) is 0 Å². The van der Waals surface area contributed by atoms with Crippen molar-refractivity contribution in [2.45, 2.75) is 25.0 Å². The van der Waals surface area contributed by atoms with Crippen LogP contribution >= 0.6 is 0 Å². The summed E-state index contributed by atoms with van der Waals surface area (Å²) in [4.78, 5) is 51.1. The van der Waals surface area contributed by atoms with Gasteiger partial charge in [0.2, 0.25) is 5.95 Å². The number of hydrogen-bond donors (Lipinski definition) is 4. The molecule has 2 atom stereocenters. The fraction of sp³-hybridized carbons (Fsp3) is 0.282. The second kappa shape index (κ2) is 15.2. The molecule has 5 aromatic rings. The maximum atomic E-state index is 12.9. The number of benzene rings is 3. The Labute approximate surface area is 307 Å². The summed E-state index contributed by atoms with van der Waals surface area (Å²) < 4.78 is 6.08. The molecular formula is C39H41N11O3. The minimum absolute atomic E-state index is 0.159. The average molecular weight is 712 g/mol. The van der Waals surface area contributed by atoms with Gasteiger partial charge >= 0.3 is 12.1 Å². The lowest BCUT2D eigenvalue weighted by atomic mass is 10.1. The molecule has 4 N–H and O–H groups in total. The lowest BCUT2D eigenvalue weighted by molar-refractivity contribution is 0.0299. The first-order valence-corrected chi connectivity index (χ1v) is 17.9. The van der Waals surface area contributed by atoms with E-state index in [0.717, 1.165) is 61.5 Å². The van der Waals surface area contributed by atoms with Gasteiger partial charge in [-0.3, -0.25) is 5.32 Å². The number of carbonyl (C=O) groups is 2. The number of amides is 4. The summed E-state index contributed by atoms with van der Waals surface area (Å²) in [5, 5.41) is 11.4. The number of aromatic nitrogens is 4. The molecule has 5 heterocycles. The molecule has 0 aliphatic carbocycles. The number of nitrogens with one attached hydrogen (secondary N) is 4. The van der Waals surface area contributed by atoms with Crippen LogP contribution in [0.5, 0.6) is 0 Å². The van der Waals surface area contributed by atoms with Crippen LogP contribution in [0.25, 0.3) is 22.8 Å². The van der Waals surface area contributed by atoms with Crippen LogP contribution < -0.4 is 31.1 Å². The molecule has 2 bridgehead atoms. The van der Waals surface area contributed by atoms with Gasteiger partial charge in [0, 0.05) is 79.3 Å². The zero-order valence-electron chi connectivity index (χ0n) is 29.4. The van der Waals surface area contributed by atoms with Gasteiger partial charge in [-0.2, -0.15) is 9.97 Å². The zero-order chi connectivity index (χ0) is 36.1. The molecule has 3 saturated heterocycles. The van der Waals surface area contributed by atoms with Gasteiger partial charge in [-0.25, -0.2) is 19.6 Å². The van der Waals surface area contributed by atoms with Crippen LogP contribution in [0.4, 0.5) is 44.1 Å². The Balaban J connectivity index is 0.961. The van der Waals surface area contributed by atoms with Crippen LogP contribution in [0.2, 0.25) is 0 Å². The topological polar surface area (TPSA) is 153 Å². The number of ether oxygens (including phenoxy) is 1. The number of carbonyl (C=O) groups excluding carboxylic acids is 2. The van der Waals surface area contributed by atoms with Gasteiger partial charge < -0.3 is 35.4 Å². The van der Waals surface area contributed by atoms with E-state index in [4.69, 9.17) is 19.7 Å². The number of morpholine rings is 1. The predicted octanol–water partition coefficient (Wildman–Crippen LogP) is 6.01. The molecule has 0 spiro atoms. The average Bonchev–Trinajstić information content (AvgIpc) is 3.52. The van der Waals surface area contributed by atoms with E-state index in [1.54, 1.807) is 36.5 Å². The minimum Gasteiger partial charge on any atom is -0.371 e. The van der Waals surface area contributed by atoms with Crippen LogP contribution in [0.1, 0.15) is 12.8 Å². The van der Waals surface area contributed by atoms with Crippen molar-refractivity contribution < 1.29 is 14.3 Å². The molecule has 53 heavy (non-hydrogen) atoms. The van der Waals surface area contributed by atoms with E-state index in [1.165, 1.54) is 0 Å². The van der Waals surface area contributed by atoms with Gasteiger partial charge in [-0.15, -0.1) is 0 Å². The van der Waals surface area contributed by atoms with Crippen LogP contribution in [0, 0.1) is 0 Å². The number of nitrogens with zero attached hydrogens (tertiary/aromatic N) is 7. The quantitative estimate of drug-likeness (QED) is 0.151. The lowest BCUT2D eigenvalue weighted by Gasteiger charge is -2.34. The predicted molar refractivity (Wildman–Crippen MR) is 206 cm³/mol. The third-order valence-corrected chi connectivity index (χ3v) is 9.65. The highest BCUT2D eigenvalue weighted by molar-refractivity contribution is 6.00. The maximum Gasteiger partial charge on any atom is 0.324 e. The van der Waals surface area contributed by atoms with E-state index in [9.17, 15) is 9.59 Å². The third-order valence-electron chi connectivity index (χ3n) is 9.65. The fourth-order valence-corrected chi connectivity index (χ4v) is 6.78. The monoisotopic (exact) mass is 711 g/mol. The molecule has 14 heteroatoms. The Kier molecular flexibility index (Phi) is 9.77. The van der Waals surface area contributed by atoms with Gasteiger partial charge in [0.05, 0.1) is 12.2 Å². The number of fused-ring (bicyclic) bond motifs is 2. The van der Waals surface area contributed by atoms with Crippen molar-refractivity contribution >= 4 is 46.6 Å². The molecule has 3 aliphatic heterocycles. The standard InChI is InChI=1S/C39H41N11O3/c1-48-20-22-49(23-21-48)31-15-13-30(14-16-31)42-38(51)41-28-9-5-26(6-10-28)35-45-36(47-37(46-35)50-24-32-17-18-33(25-50)53-32)27-7-11-29(12-8-27)43-39(52)44-34-4-2-3-19-40-34/h2-16,19,32-33H,17-18,20-25H2,1H3,(H2,41,42,51)(H2,40,43,44,52). The van der Waals surface area contributed by atoms with Gasteiger partial charge in [0.1, 0.15) is 5.82 Å². The first-order chi connectivity index (χ1) is 25.9. The molecule has 3 aliphatic rings. The maximum absolute atomic E-state index is 12.9. The second-order valence-corrected chi connectivity index (χ2v) is 13.5. The molecule has 2 aromatic heterocycles. The van der Waals surface area contributed by atoms with Crippen molar-refractivity contribution in [1.29, 1.82) is 0 Å². The Morgan fingerprint density at radius 3 is 1.68 bits per heavy atom. The lowest BCUT2D eigenvalue weighted by Crippen LogP contribution is -2.44. The van der Waals surface area contributed by atoms with E-state index >= 15 is 0 Å². The van der Waals surface area contributed by atoms with Gasteiger partial charge in [0.25, 0.3) is 0 Å². The third kappa shape index (κ3) is 8.35. The molecule has 4 amide bonds. The van der Waals surface area contributed by atoms with E-state index in [1.807, 2.05) is 60.7 Å². The first-order valence-electron chi connectivity index (χ1n) is 17.9. The molecule has 8 rings (SSSR count). The number of hydrogen-bond acceptors (Lipinski definition) is 10. The van der Waals surface area contributed by atoms with Crippen molar-refractivity contribution in [3.8, 4) is 22.8 Å². The molecule has 2 unspecified atom stereocenters. The molecule has 3 fully saturated rings. The summed E-state index contributed by atoms with van der Waals surface area (Å²) in [7, 11) is 2.14. The normalized spacial score (nSPS) is 18.4. The number of rotatable bonds is 8. The SMILES string of the molecule is CN1CCN(c2ccc(NC(=O)Nc3ccc(-c4nc(-c5ccc(NC(=O)Nc6ccccn6)cc5)nc(N5CC6CCC(C5)O6)n4)cc3)cc2)CC1. The van der Waals surface area contributed by atoms with Gasteiger partial charge in [0.15, 0.2) is 11.6 Å². The summed E-state index contributed by atoms with van der Waals surface area (Å²) in [6.07, 6.45) is 3.98. The summed E-state index contributed by atoms with van der Waals surface area (Å²) in [5.74, 6) is 2.06. The Bertz CT molecular complexity index is 2030. The summed E-state index contributed by atoms with van der Waals surface area (Å²) >= 11 is 0.